The van der Waals surface area contributed by atoms with Crippen LogP contribution in [0, 0.1) is 0 Å². The monoisotopic (exact) mass is 463 g/mol. The maximum absolute atomic E-state index is 12.8. The molecule has 0 fully saturated rings. The lowest BCUT2D eigenvalue weighted by Gasteiger charge is -2.26. The average Bonchev–Trinajstić information content (AvgIpc) is 2.72. The highest BCUT2D eigenvalue weighted by Gasteiger charge is 2.20. The number of nitrogens with zero attached hydrogens (tertiary/aromatic N) is 1. The van der Waals surface area contributed by atoms with Crippen molar-refractivity contribution in [2.24, 2.45) is 11.5 Å². The van der Waals surface area contributed by atoms with Crippen LogP contribution < -0.4 is 16.2 Å². The minimum Gasteiger partial charge on any atom is -0.494 e. The van der Waals surface area contributed by atoms with Crippen molar-refractivity contribution in [2.75, 3.05) is 26.2 Å². The fourth-order valence-corrected chi connectivity index (χ4v) is 3.24. The predicted octanol–water partition coefficient (Wildman–Crippen LogP) is 4.94. The molecular weight excluding hydrogens is 421 g/mol. The van der Waals surface area contributed by atoms with Gasteiger partial charge < -0.3 is 21.1 Å². The summed E-state index contributed by atoms with van der Waals surface area (Å²) in [6, 6.07) is 9.38. The van der Waals surface area contributed by atoms with Gasteiger partial charge in [0.1, 0.15) is 5.75 Å². The van der Waals surface area contributed by atoms with E-state index in [2.05, 4.69) is 6.92 Å². The van der Waals surface area contributed by atoms with Crippen LogP contribution in [-0.2, 0) is 4.79 Å². The molecule has 1 amide bonds. The van der Waals surface area contributed by atoms with E-state index in [1.807, 2.05) is 35.2 Å². The van der Waals surface area contributed by atoms with E-state index >= 15 is 0 Å². The molecule has 0 aromatic heterocycles. The highest BCUT2D eigenvalue weighted by molar-refractivity contribution is 5.85. The zero-order chi connectivity index (χ0) is 20.5. The average molecular weight is 465 g/mol. The molecule has 0 saturated carbocycles. The van der Waals surface area contributed by atoms with Crippen molar-refractivity contribution in [2.45, 2.75) is 77.2 Å². The molecule has 30 heavy (non-hydrogen) atoms. The van der Waals surface area contributed by atoms with Crippen LogP contribution in [0.1, 0.15) is 71.1 Å². The molecule has 5 nitrogen and oxygen atoms in total. The van der Waals surface area contributed by atoms with Crippen molar-refractivity contribution in [3.8, 4) is 5.75 Å². The zero-order valence-corrected chi connectivity index (χ0v) is 20.2. The molecule has 1 rings (SSSR count). The summed E-state index contributed by atoms with van der Waals surface area (Å²) in [6.07, 6.45) is 10.7. The molecule has 0 radical (unpaired) electrons. The van der Waals surface area contributed by atoms with Crippen molar-refractivity contribution in [1.29, 1.82) is 0 Å². The SMILES string of the molecule is CCCCCCCCN(CCCOc1ccccc1)C(=O)[C@@H](N)CCCCN.Cl.Cl. The van der Waals surface area contributed by atoms with Gasteiger partial charge in [0.15, 0.2) is 0 Å². The highest BCUT2D eigenvalue weighted by Crippen LogP contribution is 2.11. The highest BCUT2D eigenvalue weighted by atomic mass is 35.5. The van der Waals surface area contributed by atoms with Crippen LogP contribution in [0.5, 0.6) is 5.75 Å². The number of amides is 1. The summed E-state index contributed by atoms with van der Waals surface area (Å²) < 4.78 is 5.76. The van der Waals surface area contributed by atoms with Gasteiger partial charge in [-0.3, -0.25) is 4.79 Å². The molecular formula is C23H43Cl2N3O2. The number of hydrogen-bond acceptors (Lipinski definition) is 4. The van der Waals surface area contributed by atoms with Crippen molar-refractivity contribution < 1.29 is 9.53 Å². The Hall–Kier alpha value is -1.01. The standard InChI is InChI=1S/C23H41N3O2.2ClH/c1-2-3-4-5-6-12-18-26(23(27)22(25)16-10-11-17-24)19-13-20-28-21-14-8-7-9-15-21;;/h7-9,14-15,22H,2-6,10-13,16-20,24-25H2,1H3;2*1H/t22-;;/m0../s1. The van der Waals surface area contributed by atoms with E-state index in [4.69, 9.17) is 16.2 Å². The molecule has 0 spiro atoms. The van der Waals surface area contributed by atoms with Crippen molar-refractivity contribution in [3.63, 3.8) is 0 Å². The Morgan fingerprint density at radius 3 is 2.23 bits per heavy atom. The van der Waals surface area contributed by atoms with Crippen LogP contribution in [0.3, 0.4) is 0 Å². The van der Waals surface area contributed by atoms with E-state index in [1.54, 1.807) is 0 Å². The second-order valence-corrected chi connectivity index (χ2v) is 7.50. The van der Waals surface area contributed by atoms with Gasteiger partial charge in [-0.2, -0.15) is 0 Å². The molecule has 1 aromatic carbocycles. The number of carbonyl (C=O) groups excluding carboxylic acids is 1. The second-order valence-electron chi connectivity index (χ2n) is 7.50. The smallest absolute Gasteiger partial charge is 0.239 e. The van der Waals surface area contributed by atoms with E-state index in [0.29, 0.717) is 26.1 Å². The molecule has 1 atom stereocenters. The van der Waals surface area contributed by atoms with Crippen molar-refractivity contribution in [3.05, 3.63) is 30.3 Å². The number of para-hydroxylation sites is 1. The fraction of sp³-hybridized carbons (Fsp3) is 0.696. The van der Waals surface area contributed by atoms with Crippen molar-refractivity contribution >= 4 is 30.7 Å². The molecule has 0 aliphatic rings. The van der Waals surface area contributed by atoms with Gasteiger partial charge in [0.05, 0.1) is 12.6 Å². The second kappa shape index (κ2) is 21.2. The Kier molecular flexibility index (Phi) is 22.1. The van der Waals surface area contributed by atoms with Gasteiger partial charge in [-0.05, 0) is 44.4 Å². The van der Waals surface area contributed by atoms with Gasteiger partial charge in [0.2, 0.25) is 5.91 Å². The largest absolute Gasteiger partial charge is 0.494 e. The molecule has 0 aliphatic heterocycles. The Balaban J connectivity index is 0. The normalized spacial score (nSPS) is 11.2. The van der Waals surface area contributed by atoms with Crippen LogP contribution in [0.25, 0.3) is 0 Å². The van der Waals surface area contributed by atoms with Crippen LogP contribution in [0.4, 0.5) is 0 Å². The minimum atomic E-state index is -0.415. The first-order valence-electron chi connectivity index (χ1n) is 11.1. The summed E-state index contributed by atoms with van der Waals surface area (Å²) >= 11 is 0. The molecule has 0 heterocycles. The van der Waals surface area contributed by atoms with E-state index < -0.39 is 6.04 Å². The van der Waals surface area contributed by atoms with Gasteiger partial charge in [-0.15, -0.1) is 24.8 Å². The van der Waals surface area contributed by atoms with E-state index in [1.165, 1.54) is 32.1 Å². The molecule has 0 bridgehead atoms. The third-order valence-electron chi connectivity index (χ3n) is 4.96. The first kappa shape index (κ1) is 31.2. The van der Waals surface area contributed by atoms with Gasteiger partial charge >= 0.3 is 0 Å². The summed E-state index contributed by atoms with van der Waals surface area (Å²) in [5.74, 6) is 0.945. The fourth-order valence-electron chi connectivity index (χ4n) is 3.24. The molecule has 176 valence electrons. The topological polar surface area (TPSA) is 81.6 Å². The Morgan fingerprint density at radius 2 is 1.57 bits per heavy atom. The summed E-state index contributed by atoms with van der Waals surface area (Å²) in [7, 11) is 0. The number of unbranched alkanes of at least 4 members (excludes halogenated alkanes) is 6. The summed E-state index contributed by atoms with van der Waals surface area (Å²) in [5.41, 5.74) is 11.7. The number of rotatable bonds is 17. The molecule has 0 unspecified atom stereocenters. The predicted molar refractivity (Wildman–Crippen MR) is 132 cm³/mol. The first-order chi connectivity index (χ1) is 13.7. The van der Waals surface area contributed by atoms with E-state index in [-0.39, 0.29) is 30.7 Å². The number of ether oxygens (including phenoxy) is 1. The summed E-state index contributed by atoms with van der Waals surface area (Å²) in [6.45, 7) is 4.97. The minimum absolute atomic E-state index is 0. The van der Waals surface area contributed by atoms with Gasteiger partial charge in [-0.1, -0.05) is 63.6 Å². The molecule has 7 heteroatoms. The van der Waals surface area contributed by atoms with Gasteiger partial charge in [-0.25, -0.2) is 0 Å². The van der Waals surface area contributed by atoms with Crippen LogP contribution in [0.2, 0.25) is 0 Å². The lowest BCUT2D eigenvalue weighted by Crippen LogP contribution is -2.45. The van der Waals surface area contributed by atoms with Crippen molar-refractivity contribution in [1.82, 2.24) is 4.90 Å². The summed E-state index contributed by atoms with van der Waals surface area (Å²) in [4.78, 5) is 14.7. The van der Waals surface area contributed by atoms with Crippen LogP contribution in [0.15, 0.2) is 30.3 Å². The number of halogens is 2. The van der Waals surface area contributed by atoms with Gasteiger partial charge in [0, 0.05) is 13.1 Å². The zero-order valence-electron chi connectivity index (χ0n) is 18.6. The molecule has 0 saturated heterocycles. The third kappa shape index (κ3) is 14.9. The van der Waals surface area contributed by atoms with E-state index in [0.717, 1.165) is 38.0 Å². The number of nitrogens with two attached hydrogens (primary N) is 2. The Labute approximate surface area is 196 Å². The Bertz CT molecular complexity index is 506. The Morgan fingerprint density at radius 1 is 0.933 bits per heavy atom. The first-order valence-corrected chi connectivity index (χ1v) is 11.1. The maximum Gasteiger partial charge on any atom is 0.239 e. The lowest BCUT2D eigenvalue weighted by molar-refractivity contribution is -0.133. The lowest BCUT2D eigenvalue weighted by atomic mass is 10.1. The number of benzene rings is 1. The molecule has 4 N–H and O–H groups in total. The number of hydrogen-bond donors (Lipinski definition) is 2. The van der Waals surface area contributed by atoms with Gasteiger partial charge in [0.25, 0.3) is 0 Å². The number of carbonyl (C=O) groups is 1. The molecule has 1 aromatic rings. The van der Waals surface area contributed by atoms with Crippen LogP contribution >= 0.6 is 24.8 Å². The van der Waals surface area contributed by atoms with Crippen LogP contribution in [-0.4, -0.2) is 43.1 Å². The molecule has 0 aliphatic carbocycles. The third-order valence-corrected chi connectivity index (χ3v) is 4.96. The quantitative estimate of drug-likeness (QED) is 0.320. The summed E-state index contributed by atoms with van der Waals surface area (Å²) in [5, 5.41) is 0. The van der Waals surface area contributed by atoms with E-state index in [9.17, 15) is 4.79 Å². The maximum atomic E-state index is 12.8.